The minimum Gasteiger partial charge on any atom is -0.497 e. The molecule has 0 heterocycles. The second kappa shape index (κ2) is 4.65. The summed E-state index contributed by atoms with van der Waals surface area (Å²) in [5.41, 5.74) is 5.11. The third kappa shape index (κ3) is 2.44. The lowest BCUT2D eigenvalue weighted by molar-refractivity contribution is 0.0336. The first-order valence-corrected chi connectivity index (χ1v) is 5.80. The summed E-state index contributed by atoms with van der Waals surface area (Å²) in [6.07, 6.45) is 0. The maximum Gasteiger partial charge on any atom is 0.153 e. The van der Waals surface area contributed by atoms with Crippen molar-refractivity contribution >= 4 is 0 Å². The normalized spacial score (nSPS) is 15.5. The molecule has 2 nitrogen and oxygen atoms in total. The molecule has 0 aliphatic rings. The van der Waals surface area contributed by atoms with Crippen LogP contribution >= 0.6 is 0 Å². The van der Waals surface area contributed by atoms with E-state index < -0.39 is 11.1 Å². The monoisotopic (exact) mass is 239 g/mol. The standard InChI is InChI=1S/C14H22FNO/c1-10-8-11(17-5)6-7-12(10)14(15,9-16)13(2,3)4/h6-8H,9,16H2,1-5H3. The van der Waals surface area contributed by atoms with E-state index in [-0.39, 0.29) is 6.54 Å². The minimum absolute atomic E-state index is 0.0241. The van der Waals surface area contributed by atoms with Crippen LogP contribution in [0, 0.1) is 12.3 Å². The highest BCUT2D eigenvalue weighted by atomic mass is 19.1. The molecule has 1 aromatic rings. The van der Waals surface area contributed by atoms with Crippen molar-refractivity contribution in [3.8, 4) is 5.75 Å². The lowest BCUT2D eigenvalue weighted by Crippen LogP contribution is -2.43. The van der Waals surface area contributed by atoms with Gasteiger partial charge >= 0.3 is 0 Å². The quantitative estimate of drug-likeness (QED) is 0.879. The Morgan fingerprint density at radius 3 is 2.24 bits per heavy atom. The maximum absolute atomic E-state index is 15.1. The van der Waals surface area contributed by atoms with Crippen molar-refractivity contribution in [3.63, 3.8) is 0 Å². The van der Waals surface area contributed by atoms with Crippen molar-refractivity contribution in [2.24, 2.45) is 11.1 Å². The molecule has 96 valence electrons. The van der Waals surface area contributed by atoms with Crippen molar-refractivity contribution in [1.29, 1.82) is 0 Å². The van der Waals surface area contributed by atoms with E-state index in [0.717, 1.165) is 11.3 Å². The fourth-order valence-corrected chi connectivity index (χ4v) is 2.03. The zero-order valence-corrected chi connectivity index (χ0v) is 11.3. The van der Waals surface area contributed by atoms with Crippen molar-refractivity contribution in [3.05, 3.63) is 29.3 Å². The molecule has 0 spiro atoms. The number of alkyl halides is 1. The van der Waals surface area contributed by atoms with Gasteiger partial charge in [0.2, 0.25) is 0 Å². The summed E-state index contributed by atoms with van der Waals surface area (Å²) in [7, 11) is 1.60. The van der Waals surface area contributed by atoms with Crippen LogP contribution in [0.3, 0.4) is 0 Å². The first-order valence-electron chi connectivity index (χ1n) is 5.80. The van der Waals surface area contributed by atoms with Gasteiger partial charge in [-0.25, -0.2) is 4.39 Å². The van der Waals surface area contributed by atoms with Gasteiger partial charge in [0, 0.05) is 12.0 Å². The Bertz CT molecular complexity index is 398. The smallest absolute Gasteiger partial charge is 0.153 e. The average molecular weight is 239 g/mol. The van der Waals surface area contributed by atoms with Gasteiger partial charge in [-0.2, -0.15) is 0 Å². The highest BCUT2D eigenvalue weighted by Gasteiger charge is 2.43. The van der Waals surface area contributed by atoms with Gasteiger partial charge in [0.1, 0.15) is 5.75 Å². The SMILES string of the molecule is COc1ccc(C(F)(CN)C(C)(C)C)c(C)c1. The van der Waals surface area contributed by atoms with Crippen LogP contribution in [0.5, 0.6) is 5.75 Å². The van der Waals surface area contributed by atoms with Gasteiger partial charge in [-0.3, -0.25) is 0 Å². The molecular weight excluding hydrogens is 217 g/mol. The van der Waals surface area contributed by atoms with E-state index in [1.54, 1.807) is 19.2 Å². The molecule has 0 aliphatic heterocycles. The second-order valence-corrected chi connectivity index (χ2v) is 5.44. The lowest BCUT2D eigenvalue weighted by atomic mass is 9.72. The van der Waals surface area contributed by atoms with Gasteiger partial charge in [0.25, 0.3) is 0 Å². The molecule has 1 rings (SSSR count). The van der Waals surface area contributed by atoms with Crippen LogP contribution in [0.1, 0.15) is 31.9 Å². The molecule has 0 aliphatic carbocycles. The first kappa shape index (κ1) is 14.0. The molecule has 1 atom stereocenters. The van der Waals surface area contributed by atoms with Crippen LogP contribution in [0.2, 0.25) is 0 Å². The summed E-state index contributed by atoms with van der Waals surface area (Å²) in [5, 5.41) is 0. The van der Waals surface area contributed by atoms with Crippen LogP contribution in [-0.2, 0) is 5.67 Å². The van der Waals surface area contributed by atoms with Crippen LogP contribution < -0.4 is 10.5 Å². The van der Waals surface area contributed by atoms with E-state index >= 15 is 4.39 Å². The summed E-state index contributed by atoms with van der Waals surface area (Å²) in [5.74, 6) is 0.736. The molecule has 2 N–H and O–H groups in total. The predicted octanol–water partition coefficient (Wildman–Crippen LogP) is 3.17. The highest BCUT2D eigenvalue weighted by Crippen LogP contribution is 2.43. The number of hydrogen-bond acceptors (Lipinski definition) is 2. The Morgan fingerprint density at radius 2 is 1.88 bits per heavy atom. The summed E-state index contributed by atoms with van der Waals surface area (Å²) in [6, 6.07) is 5.38. The Kier molecular flexibility index (Phi) is 3.82. The van der Waals surface area contributed by atoms with Crippen molar-refractivity contribution in [2.45, 2.75) is 33.4 Å². The summed E-state index contributed by atoms with van der Waals surface area (Å²) in [6.45, 7) is 7.45. The minimum atomic E-state index is -1.52. The van der Waals surface area contributed by atoms with Gasteiger partial charge in [0.05, 0.1) is 7.11 Å². The summed E-state index contributed by atoms with van der Waals surface area (Å²) < 4.78 is 20.2. The maximum atomic E-state index is 15.1. The van der Waals surface area contributed by atoms with Crippen LogP contribution in [0.25, 0.3) is 0 Å². The number of nitrogens with two attached hydrogens (primary N) is 1. The molecular formula is C14H22FNO. The molecule has 0 fully saturated rings. The van der Waals surface area contributed by atoms with Crippen molar-refractivity contribution < 1.29 is 9.13 Å². The van der Waals surface area contributed by atoms with E-state index in [4.69, 9.17) is 10.5 Å². The molecule has 1 aromatic carbocycles. The van der Waals surface area contributed by atoms with E-state index in [1.807, 2.05) is 33.8 Å². The number of benzene rings is 1. The lowest BCUT2D eigenvalue weighted by Gasteiger charge is -2.38. The number of methoxy groups -OCH3 is 1. The van der Waals surface area contributed by atoms with Gasteiger partial charge < -0.3 is 10.5 Å². The van der Waals surface area contributed by atoms with E-state index in [1.165, 1.54) is 0 Å². The molecule has 3 heteroatoms. The number of halogens is 1. The highest BCUT2D eigenvalue weighted by molar-refractivity contribution is 5.39. The number of hydrogen-bond donors (Lipinski definition) is 1. The number of ether oxygens (including phenoxy) is 1. The molecule has 0 radical (unpaired) electrons. The van der Waals surface area contributed by atoms with Crippen LogP contribution in [0.15, 0.2) is 18.2 Å². The zero-order chi connectivity index (χ0) is 13.3. The van der Waals surface area contributed by atoms with E-state index in [2.05, 4.69) is 0 Å². The van der Waals surface area contributed by atoms with Gasteiger partial charge in [0.15, 0.2) is 5.67 Å². The van der Waals surface area contributed by atoms with Crippen molar-refractivity contribution in [1.82, 2.24) is 0 Å². The third-order valence-corrected chi connectivity index (χ3v) is 3.33. The molecule has 0 aromatic heterocycles. The topological polar surface area (TPSA) is 35.2 Å². The average Bonchev–Trinajstić information content (AvgIpc) is 2.26. The molecule has 0 saturated carbocycles. The third-order valence-electron chi connectivity index (χ3n) is 3.33. The molecule has 0 bridgehead atoms. The van der Waals surface area contributed by atoms with Crippen LogP contribution in [-0.4, -0.2) is 13.7 Å². The molecule has 1 unspecified atom stereocenters. The van der Waals surface area contributed by atoms with E-state index in [9.17, 15) is 0 Å². The van der Waals surface area contributed by atoms with Crippen molar-refractivity contribution in [2.75, 3.05) is 13.7 Å². The Balaban J connectivity index is 3.31. The Hall–Kier alpha value is -1.09. The predicted molar refractivity (Wildman–Crippen MR) is 69.0 cm³/mol. The zero-order valence-electron chi connectivity index (χ0n) is 11.3. The summed E-state index contributed by atoms with van der Waals surface area (Å²) >= 11 is 0. The fraction of sp³-hybridized carbons (Fsp3) is 0.571. The largest absolute Gasteiger partial charge is 0.497 e. The first-order chi connectivity index (χ1) is 7.76. The number of aryl methyl sites for hydroxylation is 1. The molecule has 0 amide bonds. The van der Waals surface area contributed by atoms with Crippen LogP contribution in [0.4, 0.5) is 4.39 Å². The van der Waals surface area contributed by atoms with Gasteiger partial charge in [-0.05, 0) is 30.2 Å². The second-order valence-electron chi connectivity index (χ2n) is 5.44. The molecule has 0 saturated heterocycles. The number of rotatable bonds is 3. The van der Waals surface area contributed by atoms with Gasteiger partial charge in [-0.15, -0.1) is 0 Å². The fourth-order valence-electron chi connectivity index (χ4n) is 2.03. The molecule has 17 heavy (non-hydrogen) atoms. The van der Waals surface area contributed by atoms with E-state index in [0.29, 0.717) is 5.56 Å². The van der Waals surface area contributed by atoms with Gasteiger partial charge in [-0.1, -0.05) is 26.8 Å². The Labute approximate surface area is 103 Å². The summed E-state index contributed by atoms with van der Waals surface area (Å²) in [4.78, 5) is 0. The Morgan fingerprint density at radius 1 is 1.29 bits per heavy atom.